The smallest absolute Gasteiger partial charge is 0.253 e. The number of carbonyl (C=O) groups is 3. The lowest BCUT2D eigenvalue weighted by atomic mass is 10.1. The molecule has 0 spiro atoms. The van der Waals surface area contributed by atoms with Crippen LogP contribution >= 0.6 is 11.3 Å². The van der Waals surface area contributed by atoms with E-state index in [1.54, 1.807) is 47.5 Å². The molecule has 0 saturated carbocycles. The maximum absolute atomic E-state index is 12.9. The van der Waals surface area contributed by atoms with Gasteiger partial charge in [0.1, 0.15) is 0 Å². The summed E-state index contributed by atoms with van der Waals surface area (Å²) < 4.78 is 0. The topological polar surface area (TPSA) is 94.6 Å². The molecule has 1 fully saturated rings. The second-order valence-electron chi connectivity index (χ2n) is 8.90. The van der Waals surface area contributed by atoms with Crippen LogP contribution in [0.1, 0.15) is 43.4 Å². The van der Waals surface area contributed by atoms with Crippen LogP contribution in [0.25, 0.3) is 0 Å². The van der Waals surface area contributed by atoms with Gasteiger partial charge in [0.15, 0.2) is 0 Å². The van der Waals surface area contributed by atoms with Gasteiger partial charge in [-0.3, -0.25) is 14.4 Å². The molecule has 188 valence electrons. The number of nitrogens with one attached hydrogen (secondary N) is 2. The van der Waals surface area contributed by atoms with Crippen molar-refractivity contribution in [3.05, 3.63) is 87.4 Å². The van der Waals surface area contributed by atoms with E-state index in [2.05, 4.69) is 15.6 Å². The molecule has 36 heavy (non-hydrogen) atoms. The Morgan fingerprint density at radius 3 is 2.69 bits per heavy atom. The van der Waals surface area contributed by atoms with Gasteiger partial charge >= 0.3 is 0 Å². The van der Waals surface area contributed by atoms with Gasteiger partial charge in [-0.1, -0.05) is 36.4 Å². The molecule has 2 N–H and O–H groups in total. The Morgan fingerprint density at radius 2 is 1.94 bits per heavy atom. The molecule has 1 atom stereocenters. The first-order chi connectivity index (χ1) is 17.4. The van der Waals surface area contributed by atoms with E-state index in [9.17, 15) is 14.4 Å². The molecule has 1 aliphatic rings. The van der Waals surface area contributed by atoms with E-state index in [0.29, 0.717) is 43.7 Å². The Morgan fingerprint density at radius 1 is 1.17 bits per heavy atom. The van der Waals surface area contributed by atoms with Crippen molar-refractivity contribution in [3.63, 3.8) is 0 Å². The molecular weight excluding hydrogens is 474 g/mol. The van der Waals surface area contributed by atoms with Crippen LogP contribution in [-0.2, 0) is 17.9 Å². The first-order valence-corrected chi connectivity index (χ1v) is 12.9. The quantitative estimate of drug-likeness (QED) is 0.466. The average molecular weight is 506 g/mol. The van der Waals surface area contributed by atoms with Crippen molar-refractivity contribution in [2.45, 2.75) is 32.5 Å². The van der Waals surface area contributed by atoms with E-state index in [1.807, 2.05) is 47.5 Å². The third-order valence-electron chi connectivity index (χ3n) is 6.10. The summed E-state index contributed by atoms with van der Waals surface area (Å²) in [6.07, 6.45) is 0.490. The lowest BCUT2D eigenvalue weighted by molar-refractivity contribution is -0.136. The number of hydrogen-bond donors (Lipinski definition) is 2. The maximum Gasteiger partial charge on any atom is 0.253 e. The van der Waals surface area contributed by atoms with Gasteiger partial charge in [-0.2, -0.15) is 0 Å². The van der Waals surface area contributed by atoms with Crippen molar-refractivity contribution in [3.8, 4) is 0 Å². The largest absolute Gasteiger partial charge is 0.352 e. The zero-order valence-corrected chi connectivity index (χ0v) is 21.4. The predicted molar refractivity (Wildman–Crippen MR) is 140 cm³/mol. The number of thiazole rings is 1. The third-order valence-corrected chi connectivity index (χ3v) is 6.92. The average Bonchev–Trinajstić information content (AvgIpc) is 3.30. The van der Waals surface area contributed by atoms with E-state index >= 15 is 0 Å². The summed E-state index contributed by atoms with van der Waals surface area (Å²) >= 11 is 1.55. The van der Waals surface area contributed by atoms with Crippen molar-refractivity contribution >= 4 is 29.1 Å². The van der Waals surface area contributed by atoms with Crippen molar-refractivity contribution in [1.29, 1.82) is 0 Å². The van der Waals surface area contributed by atoms with Gasteiger partial charge in [-0.15, -0.1) is 11.3 Å². The number of benzene rings is 2. The van der Waals surface area contributed by atoms with Crippen LogP contribution in [0.3, 0.4) is 0 Å². The predicted octanol–water partition coefficient (Wildman–Crippen LogP) is 2.84. The molecule has 1 unspecified atom stereocenters. The van der Waals surface area contributed by atoms with Crippen LogP contribution in [0.4, 0.5) is 0 Å². The number of hydrogen-bond acceptors (Lipinski definition) is 6. The third kappa shape index (κ3) is 6.56. The second kappa shape index (κ2) is 11.9. The van der Waals surface area contributed by atoms with Gasteiger partial charge in [0.05, 0.1) is 23.3 Å². The van der Waals surface area contributed by atoms with E-state index in [-0.39, 0.29) is 23.8 Å². The fraction of sp³-hybridized carbons (Fsp3) is 0.333. The number of piperazine rings is 1. The van der Waals surface area contributed by atoms with Crippen molar-refractivity contribution in [2.24, 2.45) is 0 Å². The van der Waals surface area contributed by atoms with Gasteiger partial charge in [-0.25, -0.2) is 4.98 Å². The summed E-state index contributed by atoms with van der Waals surface area (Å²) in [5.41, 5.74) is 2.79. The van der Waals surface area contributed by atoms with Gasteiger partial charge in [0.25, 0.3) is 11.8 Å². The van der Waals surface area contributed by atoms with E-state index in [1.165, 1.54) is 0 Å². The highest BCUT2D eigenvalue weighted by molar-refractivity contribution is 7.09. The number of nitrogens with zero attached hydrogens (tertiary/aromatic N) is 3. The highest BCUT2D eigenvalue weighted by Gasteiger charge is 2.28. The monoisotopic (exact) mass is 505 g/mol. The van der Waals surface area contributed by atoms with E-state index in [4.69, 9.17) is 0 Å². The van der Waals surface area contributed by atoms with Gasteiger partial charge in [0.2, 0.25) is 5.91 Å². The maximum atomic E-state index is 12.9. The Kier molecular flexibility index (Phi) is 8.45. The Hall–Kier alpha value is -3.56. The van der Waals surface area contributed by atoms with E-state index in [0.717, 1.165) is 22.8 Å². The highest BCUT2D eigenvalue weighted by atomic mass is 32.1. The van der Waals surface area contributed by atoms with Crippen LogP contribution < -0.4 is 10.6 Å². The molecule has 3 amide bonds. The molecule has 9 heteroatoms. The minimum atomic E-state index is -0.335. The summed E-state index contributed by atoms with van der Waals surface area (Å²) in [6, 6.07) is 16.3. The zero-order chi connectivity index (χ0) is 25.5. The molecule has 4 rings (SSSR count). The molecule has 1 aromatic heterocycles. The number of rotatable bonds is 9. The van der Waals surface area contributed by atoms with E-state index < -0.39 is 0 Å². The lowest BCUT2D eigenvalue weighted by Crippen LogP contribution is -2.55. The molecule has 1 aliphatic heterocycles. The Balaban J connectivity index is 1.28. The number of amides is 3. The van der Waals surface area contributed by atoms with Crippen molar-refractivity contribution < 1.29 is 14.4 Å². The summed E-state index contributed by atoms with van der Waals surface area (Å²) in [4.78, 5) is 46.4. The minimum absolute atomic E-state index is 0.0466. The zero-order valence-electron chi connectivity index (χ0n) is 20.6. The standard InChI is InChI=1S/C27H31N5O3S/c1-19-30-23(18-36-19)17-31(2)26(34)22-10-6-9-21(15-22)25(33)29-12-11-24-27(35)32(14-13-28-24)16-20-7-4-3-5-8-20/h3-10,15,18,24,28H,11-14,16-17H2,1-2H3,(H,29,33). The summed E-state index contributed by atoms with van der Waals surface area (Å²) in [5.74, 6) is -0.400. The van der Waals surface area contributed by atoms with Gasteiger partial charge < -0.3 is 20.4 Å². The minimum Gasteiger partial charge on any atom is -0.352 e. The molecule has 0 radical (unpaired) electrons. The molecule has 8 nitrogen and oxygen atoms in total. The summed E-state index contributed by atoms with van der Waals surface area (Å²) in [6.45, 7) is 4.65. The Bertz CT molecular complexity index is 1210. The summed E-state index contributed by atoms with van der Waals surface area (Å²) in [5, 5.41) is 9.04. The van der Waals surface area contributed by atoms with Crippen molar-refractivity contribution in [1.82, 2.24) is 25.4 Å². The lowest BCUT2D eigenvalue weighted by Gasteiger charge is -2.33. The highest BCUT2D eigenvalue weighted by Crippen LogP contribution is 2.14. The first kappa shape index (κ1) is 25.5. The van der Waals surface area contributed by atoms with Crippen LogP contribution in [0.15, 0.2) is 60.0 Å². The van der Waals surface area contributed by atoms with Crippen LogP contribution in [0.5, 0.6) is 0 Å². The number of aryl methyl sites for hydroxylation is 1. The normalized spacial score (nSPS) is 15.6. The molecule has 1 saturated heterocycles. The second-order valence-corrected chi connectivity index (χ2v) is 9.96. The summed E-state index contributed by atoms with van der Waals surface area (Å²) in [7, 11) is 1.72. The fourth-order valence-corrected chi connectivity index (χ4v) is 4.82. The fourth-order valence-electron chi connectivity index (χ4n) is 4.22. The SMILES string of the molecule is Cc1nc(CN(C)C(=O)c2cccc(C(=O)NCCC3NCCN(Cc4ccccc4)C3=O)c2)cs1. The molecule has 0 aliphatic carbocycles. The van der Waals surface area contributed by atoms with Crippen molar-refractivity contribution in [2.75, 3.05) is 26.7 Å². The van der Waals surface area contributed by atoms with Gasteiger partial charge in [0, 0.05) is 49.7 Å². The van der Waals surface area contributed by atoms with Crippen LogP contribution in [0.2, 0.25) is 0 Å². The first-order valence-electron chi connectivity index (χ1n) is 12.0. The Labute approximate surface area is 215 Å². The van der Waals surface area contributed by atoms with Gasteiger partial charge in [-0.05, 0) is 37.1 Å². The number of aromatic nitrogens is 1. The molecule has 0 bridgehead atoms. The van der Waals surface area contributed by atoms with Crippen LogP contribution in [0, 0.1) is 6.92 Å². The molecule has 2 heterocycles. The molecule has 3 aromatic rings. The molecular formula is C27H31N5O3S. The molecule has 2 aromatic carbocycles. The van der Waals surface area contributed by atoms with Crippen LogP contribution in [-0.4, -0.2) is 65.2 Å². The number of carbonyl (C=O) groups excluding carboxylic acids is 3.